The van der Waals surface area contributed by atoms with E-state index in [1.165, 1.54) is 0 Å². The maximum absolute atomic E-state index is 13.4. The molecule has 2 aromatic carbocycles. The SMILES string of the molecule is COc1ccc(CCC(=O)N2CCOCCOc3ccccc3Oc3ncccc3C2)c(OC)c1OC. The number of fused-ring (bicyclic) bond motifs is 2. The Morgan fingerprint density at radius 1 is 0.919 bits per heavy atom. The Morgan fingerprint density at radius 2 is 1.73 bits per heavy atom. The summed E-state index contributed by atoms with van der Waals surface area (Å²) in [7, 11) is 4.71. The van der Waals surface area contributed by atoms with Crippen LogP contribution in [0.25, 0.3) is 0 Å². The number of hydrogen-bond donors (Lipinski definition) is 0. The molecule has 3 aromatic rings. The first-order valence-electron chi connectivity index (χ1n) is 12.1. The molecule has 0 radical (unpaired) electrons. The minimum Gasteiger partial charge on any atom is -0.493 e. The van der Waals surface area contributed by atoms with Crippen molar-refractivity contribution in [3.63, 3.8) is 0 Å². The quantitative estimate of drug-likeness (QED) is 0.488. The molecular formula is C28H32N2O7. The molecule has 0 N–H and O–H groups in total. The van der Waals surface area contributed by atoms with Crippen LogP contribution in [-0.2, 0) is 22.5 Å². The van der Waals surface area contributed by atoms with Crippen LogP contribution < -0.4 is 23.7 Å². The molecule has 1 aliphatic rings. The van der Waals surface area contributed by atoms with Crippen molar-refractivity contribution in [1.82, 2.24) is 9.88 Å². The van der Waals surface area contributed by atoms with Gasteiger partial charge < -0.3 is 33.3 Å². The van der Waals surface area contributed by atoms with Crippen LogP contribution in [0.1, 0.15) is 17.5 Å². The highest BCUT2D eigenvalue weighted by Crippen LogP contribution is 2.40. The molecule has 0 aliphatic carbocycles. The highest BCUT2D eigenvalue weighted by Gasteiger charge is 2.21. The molecule has 9 nitrogen and oxygen atoms in total. The van der Waals surface area contributed by atoms with E-state index in [1.54, 1.807) is 32.4 Å². The zero-order valence-electron chi connectivity index (χ0n) is 21.4. The molecule has 196 valence electrons. The minimum atomic E-state index is -0.0261. The van der Waals surface area contributed by atoms with Crippen LogP contribution >= 0.6 is 0 Å². The van der Waals surface area contributed by atoms with E-state index >= 15 is 0 Å². The van der Waals surface area contributed by atoms with E-state index in [1.807, 2.05) is 48.5 Å². The first-order valence-corrected chi connectivity index (χ1v) is 12.1. The van der Waals surface area contributed by atoms with Crippen LogP contribution in [0.4, 0.5) is 0 Å². The number of amides is 1. The number of ether oxygens (including phenoxy) is 6. The number of pyridine rings is 1. The van der Waals surface area contributed by atoms with Gasteiger partial charge in [-0.2, -0.15) is 0 Å². The van der Waals surface area contributed by atoms with Gasteiger partial charge in [0.25, 0.3) is 0 Å². The van der Waals surface area contributed by atoms with Crippen LogP contribution in [0.5, 0.6) is 34.6 Å². The van der Waals surface area contributed by atoms with Crippen molar-refractivity contribution in [2.75, 3.05) is 47.7 Å². The van der Waals surface area contributed by atoms with Crippen molar-refractivity contribution >= 4 is 5.91 Å². The molecule has 0 atom stereocenters. The summed E-state index contributed by atoms with van der Waals surface area (Å²) in [5, 5.41) is 0. The van der Waals surface area contributed by atoms with Crippen molar-refractivity contribution in [3.8, 4) is 34.6 Å². The molecule has 1 aromatic heterocycles. The van der Waals surface area contributed by atoms with E-state index in [-0.39, 0.29) is 12.3 Å². The fourth-order valence-corrected chi connectivity index (χ4v) is 4.14. The highest BCUT2D eigenvalue weighted by molar-refractivity contribution is 5.77. The predicted molar refractivity (Wildman–Crippen MR) is 137 cm³/mol. The summed E-state index contributed by atoms with van der Waals surface area (Å²) in [5.41, 5.74) is 1.64. The van der Waals surface area contributed by atoms with E-state index < -0.39 is 0 Å². The third kappa shape index (κ3) is 6.42. The van der Waals surface area contributed by atoms with Gasteiger partial charge in [0, 0.05) is 24.7 Å². The first-order chi connectivity index (χ1) is 18.1. The molecule has 4 rings (SSSR count). The number of hydrogen-bond acceptors (Lipinski definition) is 8. The number of carbonyl (C=O) groups is 1. The van der Waals surface area contributed by atoms with Crippen LogP contribution in [0, 0.1) is 0 Å². The Hall–Kier alpha value is -3.98. The van der Waals surface area contributed by atoms with E-state index in [0.717, 1.165) is 11.1 Å². The monoisotopic (exact) mass is 508 g/mol. The van der Waals surface area contributed by atoms with E-state index in [0.29, 0.717) is 74.0 Å². The summed E-state index contributed by atoms with van der Waals surface area (Å²) >= 11 is 0. The molecule has 0 unspecified atom stereocenters. The number of carbonyl (C=O) groups excluding carboxylic acids is 1. The lowest BCUT2D eigenvalue weighted by molar-refractivity contribution is -0.132. The van der Waals surface area contributed by atoms with Crippen molar-refractivity contribution in [2.24, 2.45) is 0 Å². The summed E-state index contributed by atoms with van der Waals surface area (Å²) in [6, 6.07) is 14.9. The van der Waals surface area contributed by atoms with Crippen molar-refractivity contribution in [2.45, 2.75) is 19.4 Å². The van der Waals surface area contributed by atoms with Crippen molar-refractivity contribution in [1.29, 1.82) is 0 Å². The fourth-order valence-electron chi connectivity index (χ4n) is 4.14. The molecule has 0 saturated heterocycles. The second-order valence-electron chi connectivity index (χ2n) is 8.29. The molecule has 1 aliphatic heterocycles. The van der Waals surface area contributed by atoms with Gasteiger partial charge >= 0.3 is 0 Å². The minimum absolute atomic E-state index is 0.0261. The predicted octanol–water partition coefficient (Wildman–Crippen LogP) is 4.27. The Labute approximate surface area is 216 Å². The summed E-state index contributed by atoms with van der Waals surface area (Å²) in [6.45, 7) is 1.89. The van der Waals surface area contributed by atoms with Gasteiger partial charge in [0.05, 0.1) is 41.1 Å². The lowest BCUT2D eigenvalue weighted by Gasteiger charge is -2.24. The number of nitrogens with zero attached hydrogens (tertiary/aromatic N) is 2. The molecule has 0 spiro atoms. The average molecular weight is 509 g/mol. The Balaban J connectivity index is 1.54. The summed E-state index contributed by atoms with van der Waals surface area (Å²) in [5.74, 6) is 3.20. The standard InChI is InChI=1S/C28H32N2O7/c1-32-24-12-10-20(26(33-2)27(24)34-3)11-13-25(31)30-15-16-35-17-18-36-22-8-4-5-9-23(22)37-28-21(19-30)7-6-14-29-28/h4-10,12,14H,11,13,15-19H2,1-3H3. The number of aromatic nitrogens is 1. The van der Waals surface area contributed by atoms with Gasteiger partial charge in [-0.05, 0) is 36.2 Å². The number of benzene rings is 2. The van der Waals surface area contributed by atoms with E-state index in [9.17, 15) is 4.79 Å². The molecule has 9 heteroatoms. The van der Waals surface area contributed by atoms with Crippen LogP contribution in [-0.4, -0.2) is 63.5 Å². The number of rotatable bonds is 6. The zero-order chi connectivity index (χ0) is 26.0. The number of methoxy groups -OCH3 is 3. The Kier molecular flexibility index (Phi) is 9.04. The molecule has 1 amide bonds. The third-order valence-electron chi connectivity index (χ3n) is 6.00. The maximum Gasteiger partial charge on any atom is 0.224 e. The van der Waals surface area contributed by atoms with E-state index in [2.05, 4.69) is 4.98 Å². The largest absolute Gasteiger partial charge is 0.493 e. The second-order valence-corrected chi connectivity index (χ2v) is 8.29. The molecule has 37 heavy (non-hydrogen) atoms. The summed E-state index contributed by atoms with van der Waals surface area (Å²) in [4.78, 5) is 19.6. The lowest BCUT2D eigenvalue weighted by atomic mass is 10.1. The third-order valence-corrected chi connectivity index (χ3v) is 6.00. The smallest absolute Gasteiger partial charge is 0.224 e. The fraction of sp³-hybridized carbons (Fsp3) is 0.357. The van der Waals surface area contributed by atoms with Gasteiger partial charge in [-0.3, -0.25) is 4.79 Å². The number of para-hydroxylation sites is 2. The van der Waals surface area contributed by atoms with Gasteiger partial charge in [-0.1, -0.05) is 24.3 Å². The highest BCUT2D eigenvalue weighted by atomic mass is 16.5. The van der Waals surface area contributed by atoms with E-state index in [4.69, 9.17) is 28.4 Å². The zero-order valence-corrected chi connectivity index (χ0v) is 21.4. The van der Waals surface area contributed by atoms with Crippen LogP contribution in [0.2, 0.25) is 0 Å². The topological polar surface area (TPSA) is 88.6 Å². The number of aryl methyl sites for hydroxylation is 1. The normalized spacial score (nSPS) is 13.9. The Bertz CT molecular complexity index is 1200. The van der Waals surface area contributed by atoms with Gasteiger partial charge in [-0.15, -0.1) is 0 Å². The maximum atomic E-state index is 13.4. The molecule has 0 fully saturated rings. The van der Waals surface area contributed by atoms with Gasteiger partial charge in [0.15, 0.2) is 23.0 Å². The van der Waals surface area contributed by atoms with Crippen LogP contribution in [0.3, 0.4) is 0 Å². The van der Waals surface area contributed by atoms with Gasteiger partial charge in [-0.25, -0.2) is 4.98 Å². The average Bonchev–Trinajstić information content (AvgIpc) is 2.95. The van der Waals surface area contributed by atoms with Crippen molar-refractivity contribution in [3.05, 3.63) is 65.9 Å². The van der Waals surface area contributed by atoms with Crippen LogP contribution in [0.15, 0.2) is 54.7 Å². The Morgan fingerprint density at radius 3 is 2.51 bits per heavy atom. The molecular weight excluding hydrogens is 476 g/mol. The molecule has 0 bridgehead atoms. The molecule has 0 saturated carbocycles. The van der Waals surface area contributed by atoms with Crippen molar-refractivity contribution < 1.29 is 33.2 Å². The van der Waals surface area contributed by atoms with Gasteiger partial charge in [0.1, 0.15) is 6.61 Å². The molecule has 2 heterocycles. The first kappa shape index (κ1) is 26.1. The summed E-state index contributed by atoms with van der Waals surface area (Å²) in [6.07, 6.45) is 2.41. The van der Waals surface area contributed by atoms with Gasteiger partial charge in [0.2, 0.25) is 17.5 Å². The second kappa shape index (κ2) is 12.8. The lowest BCUT2D eigenvalue weighted by Crippen LogP contribution is -2.34. The summed E-state index contributed by atoms with van der Waals surface area (Å²) < 4.78 is 34.2.